The van der Waals surface area contributed by atoms with E-state index in [0.717, 1.165) is 12.1 Å². The minimum atomic E-state index is -0.0584. The Morgan fingerprint density at radius 2 is 2.45 bits per heavy atom. The zero-order valence-corrected chi connectivity index (χ0v) is 12.2. The third-order valence-corrected chi connectivity index (χ3v) is 3.53. The average molecular weight is 299 g/mol. The van der Waals surface area contributed by atoms with Crippen LogP contribution in [0.1, 0.15) is 12.0 Å². The number of methoxy groups -OCH3 is 1. The first kappa shape index (κ1) is 15.1. The molecular formula is C14H19ClN2O3. The average Bonchev–Trinajstić information content (AvgIpc) is 2.46. The first-order chi connectivity index (χ1) is 9.70. The van der Waals surface area contributed by atoms with Crippen molar-refractivity contribution in [1.29, 1.82) is 0 Å². The molecule has 110 valence electrons. The number of halogens is 1. The van der Waals surface area contributed by atoms with E-state index in [0.29, 0.717) is 36.9 Å². The van der Waals surface area contributed by atoms with Crippen LogP contribution in [0.25, 0.3) is 0 Å². The van der Waals surface area contributed by atoms with Gasteiger partial charge in [0, 0.05) is 30.2 Å². The van der Waals surface area contributed by atoms with Gasteiger partial charge in [-0.1, -0.05) is 17.7 Å². The van der Waals surface area contributed by atoms with Gasteiger partial charge in [0.2, 0.25) is 5.91 Å². The highest BCUT2D eigenvalue weighted by atomic mass is 35.5. The highest BCUT2D eigenvalue weighted by Crippen LogP contribution is 2.25. The molecule has 2 rings (SSSR count). The molecule has 1 aliphatic heterocycles. The molecule has 1 heterocycles. The van der Waals surface area contributed by atoms with E-state index >= 15 is 0 Å². The van der Waals surface area contributed by atoms with Crippen molar-refractivity contribution in [3.8, 4) is 5.75 Å². The molecule has 5 nitrogen and oxygen atoms in total. The van der Waals surface area contributed by atoms with Gasteiger partial charge in [0.25, 0.3) is 0 Å². The van der Waals surface area contributed by atoms with Gasteiger partial charge in [-0.2, -0.15) is 0 Å². The maximum atomic E-state index is 11.9. The van der Waals surface area contributed by atoms with Crippen LogP contribution >= 0.6 is 11.6 Å². The molecule has 1 saturated heterocycles. The lowest BCUT2D eigenvalue weighted by atomic mass is 10.2. The molecule has 0 saturated carbocycles. The Balaban J connectivity index is 1.86. The molecule has 20 heavy (non-hydrogen) atoms. The number of morpholine rings is 1. The van der Waals surface area contributed by atoms with Gasteiger partial charge < -0.3 is 20.1 Å². The van der Waals surface area contributed by atoms with Crippen LogP contribution < -0.4 is 15.4 Å². The molecule has 1 unspecified atom stereocenters. The number of carbonyl (C=O) groups is 1. The lowest BCUT2D eigenvalue weighted by Crippen LogP contribution is -2.41. The van der Waals surface area contributed by atoms with Gasteiger partial charge in [-0.15, -0.1) is 0 Å². The fourth-order valence-electron chi connectivity index (χ4n) is 2.12. The van der Waals surface area contributed by atoms with Gasteiger partial charge >= 0.3 is 0 Å². The zero-order valence-electron chi connectivity index (χ0n) is 11.4. The van der Waals surface area contributed by atoms with E-state index in [9.17, 15) is 4.79 Å². The molecule has 6 heteroatoms. The summed E-state index contributed by atoms with van der Waals surface area (Å²) in [7, 11) is 1.58. The van der Waals surface area contributed by atoms with E-state index in [4.69, 9.17) is 21.1 Å². The van der Waals surface area contributed by atoms with Crippen molar-refractivity contribution in [3.05, 3.63) is 28.8 Å². The van der Waals surface area contributed by atoms with Gasteiger partial charge in [0.05, 0.1) is 26.2 Å². The van der Waals surface area contributed by atoms with E-state index < -0.39 is 0 Å². The van der Waals surface area contributed by atoms with Crippen LogP contribution in [0.3, 0.4) is 0 Å². The number of benzene rings is 1. The SMILES string of the molecule is COc1cccc(Cl)c1CNC(=O)CC1CNCCO1. The summed E-state index contributed by atoms with van der Waals surface area (Å²) in [6, 6.07) is 5.41. The Morgan fingerprint density at radius 1 is 1.60 bits per heavy atom. The van der Waals surface area contributed by atoms with Gasteiger partial charge in [0.1, 0.15) is 5.75 Å². The van der Waals surface area contributed by atoms with Crippen LogP contribution in [0.15, 0.2) is 18.2 Å². The topological polar surface area (TPSA) is 59.6 Å². The van der Waals surface area contributed by atoms with E-state index in [2.05, 4.69) is 10.6 Å². The van der Waals surface area contributed by atoms with Gasteiger partial charge in [-0.3, -0.25) is 4.79 Å². The van der Waals surface area contributed by atoms with Crippen LogP contribution in [0, 0.1) is 0 Å². The number of hydrogen-bond acceptors (Lipinski definition) is 4. The highest BCUT2D eigenvalue weighted by Gasteiger charge is 2.17. The molecular weight excluding hydrogens is 280 g/mol. The predicted molar refractivity (Wildman–Crippen MR) is 77.1 cm³/mol. The Hall–Kier alpha value is -1.30. The Kier molecular flexibility index (Phi) is 5.64. The quantitative estimate of drug-likeness (QED) is 0.861. The molecule has 0 bridgehead atoms. The lowest BCUT2D eigenvalue weighted by Gasteiger charge is -2.23. The predicted octanol–water partition coefficient (Wildman–Crippen LogP) is 1.34. The molecule has 0 aromatic heterocycles. The number of amides is 1. The van der Waals surface area contributed by atoms with Crippen molar-refractivity contribution in [2.45, 2.75) is 19.1 Å². The maximum absolute atomic E-state index is 11.9. The second kappa shape index (κ2) is 7.47. The minimum Gasteiger partial charge on any atom is -0.496 e. The minimum absolute atomic E-state index is 0.0549. The number of ether oxygens (including phenoxy) is 2. The highest BCUT2D eigenvalue weighted by molar-refractivity contribution is 6.31. The van der Waals surface area contributed by atoms with Crippen molar-refractivity contribution >= 4 is 17.5 Å². The molecule has 0 aliphatic carbocycles. The lowest BCUT2D eigenvalue weighted by molar-refractivity contribution is -0.124. The summed E-state index contributed by atoms with van der Waals surface area (Å²) in [6.07, 6.45) is 0.289. The summed E-state index contributed by atoms with van der Waals surface area (Å²) in [5, 5.41) is 6.63. The van der Waals surface area contributed by atoms with Gasteiger partial charge in [0.15, 0.2) is 0 Å². The number of rotatable bonds is 5. The summed E-state index contributed by atoms with van der Waals surface area (Å²) in [5.74, 6) is 0.619. The Morgan fingerprint density at radius 3 is 3.15 bits per heavy atom. The van der Waals surface area contributed by atoms with E-state index in [1.54, 1.807) is 13.2 Å². The second-order valence-electron chi connectivity index (χ2n) is 4.60. The maximum Gasteiger partial charge on any atom is 0.222 e. The Bertz CT molecular complexity index is 462. The summed E-state index contributed by atoms with van der Waals surface area (Å²) in [6.45, 7) is 2.55. The second-order valence-corrected chi connectivity index (χ2v) is 5.01. The normalized spacial score (nSPS) is 18.6. The molecule has 1 atom stereocenters. The van der Waals surface area contributed by atoms with E-state index in [1.807, 2.05) is 12.1 Å². The molecule has 0 spiro atoms. The molecule has 1 aliphatic rings. The van der Waals surface area contributed by atoms with E-state index in [-0.39, 0.29) is 12.0 Å². The standard InChI is InChI=1S/C14H19ClN2O3/c1-19-13-4-2-3-12(15)11(13)9-17-14(18)7-10-8-16-5-6-20-10/h2-4,10,16H,5-9H2,1H3,(H,17,18). The third kappa shape index (κ3) is 4.10. The van der Waals surface area contributed by atoms with Crippen LogP contribution in [0.2, 0.25) is 5.02 Å². The monoisotopic (exact) mass is 298 g/mol. The molecule has 1 amide bonds. The van der Waals surface area contributed by atoms with Gasteiger partial charge in [-0.05, 0) is 12.1 Å². The largest absolute Gasteiger partial charge is 0.496 e. The van der Waals surface area contributed by atoms with Crippen LogP contribution in [0.5, 0.6) is 5.75 Å². The van der Waals surface area contributed by atoms with Crippen molar-refractivity contribution in [2.24, 2.45) is 0 Å². The summed E-state index contributed by atoms with van der Waals surface area (Å²) >= 11 is 6.12. The van der Waals surface area contributed by atoms with Gasteiger partial charge in [-0.25, -0.2) is 0 Å². The summed E-state index contributed by atoms with van der Waals surface area (Å²) in [4.78, 5) is 11.9. The van der Waals surface area contributed by atoms with Crippen LogP contribution in [-0.2, 0) is 16.1 Å². The van der Waals surface area contributed by atoms with Crippen LogP contribution in [0.4, 0.5) is 0 Å². The number of carbonyl (C=O) groups excluding carboxylic acids is 1. The molecule has 1 fully saturated rings. The summed E-state index contributed by atoms with van der Waals surface area (Å²) in [5.41, 5.74) is 0.785. The van der Waals surface area contributed by atoms with Crippen LogP contribution in [-0.4, -0.2) is 38.8 Å². The Labute approximate surface area is 123 Å². The summed E-state index contributed by atoms with van der Waals surface area (Å²) < 4.78 is 10.7. The fourth-order valence-corrected chi connectivity index (χ4v) is 2.35. The van der Waals surface area contributed by atoms with Crippen molar-refractivity contribution in [2.75, 3.05) is 26.8 Å². The van der Waals surface area contributed by atoms with Crippen molar-refractivity contribution in [3.63, 3.8) is 0 Å². The van der Waals surface area contributed by atoms with Crippen molar-refractivity contribution in [1.82, 2.24) is 10.6 Å². The molecule has 2 N–H and O–H groups in total. The number of hydrogen-bond donors (Lipinski definition) is 2. The van der Waals surface area contributed by atoms with E-state index in [1.165, 1.54) is 0 Å². The smallest absolute Gasteiger partial charge is 0.222 e. The third-order valence-electron chi connectivity index (χ3n) is 3.18. The molecule has 1 aromatic rings. The van der Waals surface area contributed by atoms with Crippen molar-refractivity contribution < 1.29 is 14.3 Å². The zero-order chi connectivity index (χ0) is 14.4. The fraction of sp³-hybridized carbons (Fsp3) is 0.500. The first-order valence-electron chi connectivity index (χ1n) is 6.61. The first-order valence-corrected chi connectivity index (χ1v) is 6.99. The number of nitrogens with one attached hydrogen (secondary N) is 2. The molecule has 1 aromatic carbocycles. The molecule has 0 radical (unpaired) electrons.